The second-order valence-electron chi connectivity index (χ2n) is 4.38. The van der Waals surface area contributed by atoms with Gasteiger partial charge in [-0.25, -0.2) is 0 Å². The highest BCUT2D eigenvalue weighted by molar-refractivity contribution is 9.10. The number of carbonyl (C=O) groups excluding carboxylic acids is 1. The molecule has 0 atom stereocenters. The van der Waals surface area contributed by atoms with E-state index in [0.29, 0.717) is 17.0 Å². The van der Waals surface area contributed by atoms with Gasteiger partial charge in [-0.3, -0.25) is 4.79 Å². The zero-order valence-electron chi connectivity index (χ0n) is 11.4. The predicted octanol–water partition coefficient (Wildman–Crippen LogP) is 3.51. The van der Waals surface area contributed by atoms with E-state index in [9.17, 15) is 4.79 Å². The van der Waals surface area contributed by atoms with Gasteiger partial charge in [-0.2, -0.15) is 5.26 Å². The van der Waals surface area contributed by atoms with Crippen LogP contribution in [0.1, 0.15) is 11.1 Å². The van der Waals surface area contributed by atoms with Crippen molar-refractivity contribution < 1.29 is 9.53 Å². The van der Waals surface area contributed by atoms with Crippen LogP contribution in [0.4, 0.5) is 5.69 Å². The van der Waals surface area contributed by atoms with Crippen molar-refractivity contribution in [2.45, 2.75) is 6.42 Å². The quantitative estimate of drug-likeness (QED) is 0.922. The van der Waals surface area contributed by atoms with Gasteiger partial charge in [-0.05, 0) is 35.9 Å². The topological polar surface area (TPSA) is 62.1 Å². The van der Waals surface area contributed by atoms with Gasteiger partial charge in [0.05, 0.1) is 30.9 Å². The number of nitrogens with one attached hydrogen (secondary N) is 1. The number of hydrogen-bond acceptors (Lipinski definition) is 3. The number of methoxy groups -OCH3 is 1. The van der Waals surface area contributed by atoms with Gasteiger partial charge in [0, 0.05) is 4.47 Å². The summed E-state index contributed by atoms with van der Waals surface area (Å²) in [6, 6.07) is 14.4. The molecule has 0 fully saturated rings. The van der Waals surface area contributed by atoms with Crippen LogP contribution in [0, 0.1) is 11.3 Å². The molecule has 0 spiro atoms. The summed E-state index contributed by atoms with van der Waals surface area (Å²) in [7, 11) is 1.56. The Morgan fingerprint density at radius 2 is 2.00 bits per heavy atom. The number of anilines is 1. The first-order chi connectivity index (χ1) is 10.1. The number of amides is 1. The standard InChI is InChI=1S/C16H13BrN2O2/c1-21-15-7-6-13(17)9-14(15)19-16(20)8-11-2-4-12(10-18)5-3-11/h2-7,9H,8H2,1H3,(H,19,20). The molecule has 4 nitrogen and oxygen atoms in total. The first-order valence-electron chi connectivity index (χ1n) is 6.25. The molecule has 0 saturated carbocycles. The van der Waals surface area contributed by atoms with E-state index in [1.165, 1.54) is 0 Å². The lowest BCUT2D eigenvalue weighted by Gasteiger charge is -2.10. The van der Waals surface area contributed by atoms with Gasteiger partial charge in [0.25, 0.3) is 0 Å². The third-order valence-corrected chi connectivity index (χ3v) is 3.38. The Hall–Kier alpha value is -2.32. The second kappa shape index (κ2) is 6.91. The molecule has 2 aromatic carbocycles. The molecular formula is C16H13BrN2O2. The van der Waals surface area contributed by atoms with Crippen LogP contribution >= 0.6 is 15.9 Å². The molecule has 1 N–H and O–H groups in total. The van der Waals surface area contributed by atoms with Crippen LogP contribution in [0.3, 0.4) is 0 Å². The Labute approximate surface area is 131 Å². The highest BCUT2D eigenvalue weighted by atomic mass is 79.9. The highest BCUT2D eigenvalue weighted by Crippen LogP contribution is 2.27. The van der Waals surface area contributed by atoms with Gasteiger partial charge in [-0.15, -0.1) is 0 Å². The smallest absolute Gasteiger partial charge is 0.228 e. The van der Waals surface area contributed by atoms with Crippen LogP contribution in [0.25, 0.3) is 0 Å². The van der Waals surface area contributed by atoms with Crippen LogP contribution in [-0.4, -0.2) is 13.0 Å². The molecule has 1 amide bonds. The molecular weight excluding hydrogens is 332 g/mol. The third kappa shape index (κ3) is 4.07. The summed E-state index contributed by atoms with van der Waals surface area (Å²) in [4.78, 5) is 12.1. The van der Waals surface area contributed by atoms with Crippen molar-refractivity contribution in [3.63, 3.8) is 0 Å². The van der Waals surface area contributed by atoms with E-state index in [0.717, 1.165) is 10.0 Å². The largest absolute Gasteiger partial charge is 0.495 e. The lowest BCUT2D eigenvalue weighted by molar-refractivity contribution is -0.115. The van der Waals surface area contributed by atoms with Gasteiger partial charge in [-0.1, -0.05) is 28.1 Å². The van der Waals surface area contributed by atoms with Crippen molar-refractivity contribution in [3.8, 4) is 11.8 Å². The molecule has 0 bridgehead atoms. The lowest BCUT2D eigenvalue weighted by Crippen LogP contribution is -2.15. The first kappa shape index (κ1) is 15.1. The minimum absolute atomic E-state index is 0.142. The molecule has 2 rings (SSSR count). The van der Waals surface area contributed by atoms with Crippen molar-refractivity contribution in [1.29, 1.82) is 5.26 Å². The van der Waals surface area contributed by atoms with E-state index < -0.39 is 0 Å². The number of halogens is 1. The molecule has 21 heavy (non-hydrogen) atoms. The van der Waals surface area contributed by atoms with Crippen LogP contribution in [0.2, 0.25) is 0 Å². The summed E-state index contributed by atoms with van der Waals surface area (Å²) in [5.41, 5.74) is 2.04. The second-order valence-corrected chi connectivity index (χ2v) is 5.29. The molecule has 0 aliphatic carbocycles. The minimum atomic E-state index is -0.142. The molecule has 2 aromatic rings. The Kier molecular flexibility index (Phi) is 4.96. The SMILES string of the molecule is COc1ccc(Br)cc1NC(=O)Cc1ccc(C#N)cc1. The summed E-state index contributed by atoms with van der Waals surface area (Å²) in [6.45, 7) is 0. The molecule has 5 heteroatoms. The third-order valence-electron chi connectivity index (χ3n) is 2.88. The normalized spacial score (nSPS) is 9.76. The van der Waals surface area contributed by atoms with E-state index in [-0.39, 0.29) is 12.3 Å². The van der Waals surface area contributed by atoms with Gasteiger partial charge in [0.1, 0.15) is 5.75 Å². The van der Waals surface area contributed by atoms with Crippen molar-refractivity contribution in [2.75, 3.05) is 12.4 Å². The first-order valence-corrected chi connectivity index (χ1v) is 7.04. The van der Waals surface area contributed by atoms with Crippen molar-refractivity contribution in [1.82, 2.24) is 0 Å². The molecule has 0 aliphatic heterocycles. The van der Waals surface area contributed by atoms with E-state index in [2.05, 4.69) is 21.2 Å². The van der Waals surface area contributed by atoms with E-state index in [1.54, 1.807) is 43.5 Å². The van der Waals surface area contributed by atoms with E-state index in [4.69, 9.17) is 10.00 Å². The van der Waals surface area contributed by atoms with Gasteiger partial charge < -0.3 is 10.1 Å². The monoisotopic (exact) mass is 344 g/mol. The number of nitrogens with zero attached hydrogens (tertiary/aromatic N) is 1. The maximum atomic E-state index is 12.1. The molecule has 106 valence electrons. The number of rotatable bonds is 4. The Bertz CT molecular complexity index is 690. The zero-order chi connectivity index (χ0) is 15.2. The molecule has 0 heterocycles. The summed E-state index contributed by atoms with van der Waals surface area (Å²) in [5.74, 6) is 0.461. The molecule has 0 unspecified atom stereocenters. The fourth-order valence-corrected chi connectivity index (χ4v) is 2.22. The average molecular weight is 345 g/mol. The summed E-state index contributed by atoms with van der Waals surface area (Å²) in [6.07, 6.45) is 0.237. The van der Waals surface area contributed by atoms with E-state index in [1.807, 2.05) is 12.1 Å². The average Bonchev–Trinajstić information content (AvgIpc) is 2.48. The van der Waals surface area contributed by atoms with Crippen molar-refractivity contribution in [3.05, 3.63) is 58.1 Å². The predicted molar refractivity (Wildman–Crippen MR) is 84.2 cm³/mol. The number of nitriles is 1. The maximum absolute atomic E-state index is 12.1. The molecule has 0 radical (unpaired) electrons. The maximum Gasteiger partial charge on any atom is 0.228 e. The summed E-state index contributed by atoms with van der Waals surface area (Å²) < 4.78 is 6.07. The number of hydrogen-bond donors (Lipinski definition) is 1. The van der Waals surface area contributed by atoms with Crippen molar-refractivity contribution in [2.24, 2.45) is 0 Å². The van der Waals surface area contributed by atoms with Crippen molar-refractivity contribution >= 4 is 27.5 Å². The van der Waals surface area contributed by atoms with Crippen LogP contribution in [0.15, 0.2) is 46.9 Å². The van der Waals surface area contributed by atoms with Gasteiger partial charge in [0.2, 0.25) is 5.91 Å². The fraction of sp³-hybridized carbons (Fsp3) is 0.125. The van der Waals surface area contributed by atoms with Crippen LogP contribution in [-0.2, 0) is 11.2 Å². The lowest BCUT2D eigenvalue weighted by atomic mass is 10.1. The Morgan fingerprint density at radius 1 is 1.29 bits per heavy atom. The van der Waals surface area contributed by atoms with Crippen LogP contribution < -0.4 is 10.1 Å². The highest BCUT2D eigenvalue weighted by Gasteiger charge is 2.09. The summed E-state index contributed by atoms with van der Waals surface area (Å²) in [5, 5.41) is 11.6. The summed E-state index contributed by atoms with van der Waals surface area (Å²) >= 11 is 3.36. The minimum Gasteiger partial charge on any atom is -0.495 e. The Balaban J connectivity index is 2.07. The molecule has 0 saturated heterocycles. The number of benzene rings is 2. The molecule has 0 aromatic heterocycles. The number of carbonyl (C=O) groups is 1. The van der Waals surface area contributed by atoms with Crippen LogP contribution in [0.5, 0.6) is 5.75 Å². The van der Waals surface area contributed by atoms with E-state index >= 15 is 0 Å². The fourth-order valence-electron chi connectivity index (χ4n) is 1.85. The van der Waals surface area contributed by atoms with Gasteiger partial charge in [0.15, 0.2) is 0 Å². The zero-order valence-corrected chi connectivity index (χ0v) is 13.0. The van der Waals surface area contributed by atoms with Gasteiger partial charge >= 0.3 is 0 Å². The number of ether oxygens (including phenoxy) is 1. The molecule has 0 aliphatic rings. The Morgan fingerprint density at radius 3 is 2.62 bits per heavy atom.